The smallest absolute Gasteiger partial charge is 0.407 e. The van der Waals surface area contributed by atoms with Crippen molar-refractivity contribution in [2.24, 2.45) is 0 Å². The second kappa shape index (κ2) is 18.0. The van der Waals surface area contributed by atoms with Gasteiger partial charge in [-0.3, -0.25) is 5.32 Å². The molecule has 0 aliphatic heterocycles. The predicted octanol–water partition coefficient (Wildman–Crippen LogP) is 7.59. The fourth-order valence-electron chi connectivity index (χ4n) is 6.12. The highest BCUT2D eigenvalue weighted by Gasteiger charge is 2.37. The van der Waals surface area contributed by atoms with E-state index in [1.165, 1.54) is 0 Å². The van der Waals surface area contributed by atoms with Crippen LogP contribution in [0.4, 0.5) is 4.79 Å². The van der Waals surface area contributed by atoms with E-state index in [0.29, 0.717) is 19.7 Å². The molecule has 0 aliphatic rings. The minimum Gasteiger partial charge on any atom is -0.497 e. The summed E-state index contributed by atoms with van der Waals surface area (Å²) >= 11 is 0. The minimum absolute atomic E-state index is 0.187. The maximum Gasteiger partial charge on any atom is 0.407 e. The van der Waals surface area contributed by atoms with Crippen molar-refractivity contribution in [3.63, 3.8) is 0 Å². The van der Waals surface area contributed by atoms with Crippen LogP contribution in [0.1, 0.15) is 47.9 Å². The summed E-state index contributed by atoms with van der Waals surface area (Å²) in [5, 5.41) is 18.1. The number of alkyl carbamates (subject to hydrolysis) is 1. The molecule has 0 spiro atoms. The van der Waals surface area contributed by atoms with Crippen molar-refractivity contribution in [1.29, 1.82) is 0 Å². The van der Waals surface area contributed by atoms with Crippen LogP contribution in [0.15, 0.2) is 127 Å². The van der Waals surface area contributed by atoms with Crippen LogP contribution in [0.2, 0.25) is 0 Å². The molecule has 0 radical (unpaired) electrons. The van der Waals surface area contributed by atoms with E-state index in [1.54, 1.807) is 7.11 Å². The van der Waals surface area contributed by atoms with Crippen LogP contribution in [0.25, 0.3) is 10.8 Å². The number of hydrogen-bond acceptors (Lipinski definition) is 6. The standard InChI is InChI=1S/C41H46N2O5/c1-46-37-25-23-36(24-26-37)41(34-18-6-4-7-19-34,35-20-8-5-9-21-35)43-29-38(48-40(45)42-27-12-2-3-13-28-44)31-47-30-33-17-14-16-32-15-10-11-22-39(32)33/h4-11,14-26,38,43-44H,2-3,12-13,27-31H2,1H3,(H,42,45)/t38-/m0/s1. The van der Waals surface area contributed by atoms with Crippen LogP contribution >= 0.6 is 0 Å². The summed E-state index contributed by atoms with van der Waals surface area (Å²) in [5.74, 6) is 0.768. The van der Waals surface area contributed by atoms with Crippen LogP contribution in [0.3, 0.4) is 0 Å². The van der Waals surface area contributed by atoms with Crippen molar-refractivity contribution in [3.8, 4) is 5.75 Å². The Morgan fingerprint density at radius 2 is 1.35 bits per heavy atom. The van der Waals surface area contributed by atoms with Gasteiger partial charge in [-0.25, -0.2) is 4.79 Å². The molecule has 5 aromatic rings. The Morgan fingerprint density at radius 3 is 2.04 bits per heavy atom. The molecule has 5 rings (SSSR count). The number of rotatable bonds is 18. The zero-order valence-corrected chi connectivity index (χ0v) is 27.6. The van der Waals surface area contributed by atoms with Crippen LogP contribution in [-0.4, -0.2) is 50.7 Å². The van der Waals surface area contributed by atoms with Crippen molar-refractivity contribution in [1.82, 2.24) is 10.6 Å². The first kappa shape index (κ1) is 34.6. The van der Waals surface area contributed by atoms with E-state index in [1.807, 2.05) is 66.7 Å². The van der Waals surface area contributed by atoms with Crippen molar-refractivity contribution in [2.45, 2.75) is 43.9 Å². The third-order valence-corrected chi connectivity index (χ3v) is 8.60. The highest BCUT2D eigenvalue weighted by atomic mass is 16.6. The molecule has 0 saturated carbocycles. The lowest BCUT2D eigenvalue weighted by Gasteiger charge is -2.38. The molecule has 48 heavy (non-hydrogen) atoms. The molecule has 7 heteroatoms. The summed E-state index contributed by atoms with van der Waals surface area (Å²) in [4.78, 5) is 13.1. The number of methoxy groups -OCH3 is 1. The summed E-state index contributed by atoms with van der Waals surface area (Å²) in [6.07, 6.45) is 2.36. The number of aliphatic hydroxyl groups excluding tert-OH is 1. The van der Waals surface area contributed by atoms with Crippen molar-refractivity contribution >= 4 is 16.9 Å². The molecule has 0 fully saturated rings. The molecule has 0 saturated heterocycles. The number of ether oxygens (including phenoxy) is 3. The zero-order chi connectivity index (χ0) is 33.4. The van der Waals surface area contributed by atoms with Crippen LogP contribution in [-0.2, 0) is 21.6 Å². The number of fused-ring (bicyclic) bond motifs is 1. The lowest BCUT2D eigenvalue weighted by Crippen LogP contribution is -2.49. The lowest BCUT2D eigenvalue weighted by molar-refractivity contribution is 0.0122. The highest BCUT2D eigenvalue weighted by Crippen LogP contribution is 2.37. The van der Waals surface area contributed by atoms with Gasteiger partial charge in [0.25, 0.3) is 0 Å². The molecule has 1 atom stereocenters. The number of hydrogen-bond donors (Lipinski definition) is 3. The number of amides is 1. The van der Waals surface area contributed by atoms with Gasteiger partial charge in [-0.1, -0.05) is 128 Å². The maximum atomic E-state index is 13.1. The third kappa shape index (κ3) is 9.01. The molecule has 0 aromatic heterocycles. The number of nitrogens with one attached hydrogen (secondary N) is 2. The quantitative estimate of drug-likeness (QED) is 0.0672. The summed E-state index contributed by atoms with van der Waals surface area (Å²) in [6.45, 7) is 1.59. The Hall–Kier alpha value is -4.69. The van der Waals surface area contributed by atoms with E-state index < -0.39 is 17.7 Å². The Balaban J connectivity index is 1.40. The van der Waals surface area contributed by atoms with Gasteiger partial charge in [-0.05, 0) is 58.0 Å². The van der Waals surface area contributed by atoms with E-state index in [0.717, 1.165) is 64.5 Å². The highest BCUT2D eigenvalue weighted by molar-refractivity contribution is 5.85. The normalized spacial score (nSPS) is 12.0. The second-order valence-corrected chi connectivity index (χ2v) is 11.8. The summed E-state index contributed by atoms with van der Waals surface area (Å²) in [6, 6.07) is 43.1. The summed E-state index contributed by atoms with van der Waals surface area (Å²) < 4.78 is 17.8. The van der Waals surface area contributed by atoms with E-state index >= 15 is 0 Å². The molecule has 250 valence electrons. The number of carbonyl (C=O) groups is 1. The number of carbonyl (C=O) groups excluding carboxylic acids is 1. The fraction of sp³-hybridized carbons (Fsp3) is 0.293. The Kier molecular flexibility index (Phi) is 13.0. The Labute approximate surface area is 283 Å². The molecule has 7 nitrogen and oxygen atoms in total. The molecule has 0 unspecified atom stereocenters. The van der Waals surface area contributed by atoms with Gasteiger partial charge in [0, 0.05) is 19.7 Å². The number of aliphatic hydroxyl groups is 1. The first-order chi connectivity index (χ1) is 23.6. The Bertz CT molecular complexity index is 1630. The molecule has 0 heterocycles. The van der Waals surface area contributed by atoms with Gasteiger partial charge in [0.2, 0.25) is 0 Å². The average molecular weight is 647 g/mol. The van der Waals surface area contributed by atoms with Gasteiger partial charge in [0.15, 0.2) is 0 Å². The van der Waals surface area contributed by atoms with Gasteiger partial charge >= 0.3 is 6.09 Å². The zero-order valence-electron chi connectivity index (χ0n) is 27.6. The monoisotopic (exact) mass is 646 g/mol. The fourth-order valence-corrected chi connectivity index (χ4v) is 6.12. The second-order valence-electron chi connectivity index (χ2n) is 11.8. The van der Waals surface area contributed by atoms with Gasteiger partial charge in [0.1, 0.15) is 11.9 Å². The minimum atomic E-state index is -0.769. The van der Waals surface area contributed by atoms with E-state index in [-0.39, 0.29) is 13.2 Å². The molecule has 0 bridgehead atoms. The van der Waals surface area contributed by atoms with Crippen molar-refractivity contribution < 1.29 is 24.1 Å². The third-order valence-electron chi connectivity index (χ3n) is 8.60. The van der Waals surface area contributed by atoms with E-state index in [9.17, 15) is 4.79 Å². The molecule has 5 aromatic carbocycles. The van der Waals surface area contributed by atoms with Crippen LogP contribution in [0.5, 0.6) is 5.75 Å². The average Bonchev–Trinajstić information content (AvgIpc) is 3.14. The molecule has 3 N–H and O–H groups in total. The topological polar surface area (TPSA) is 89.0 Å². The molecule has 1 amide bonds. The Morgan fingerprint density at radius 1 is 0.729 bits per heavy atom. The van der Waals surface area contributed by atoms with Gasteiger partial charge < -0.3 is 24.6 Å². The number of benzene rings is 5. The van der Waals surface area contributed by atoms with E-state index in [2.05, 4.69) is 71.3 Å². The largest absolute Gasteiger partial charge is 0.497 e. The summed E-state index contributed by atoms with van der Waals surface area (Å²) in [7, 11) is 1.66. The maximum absolute atomic E-state index is 13.1. The van der Waals surface area contributed by atoms with E-state index in [4.69, 9.17) is 19.3 Å². The molecule has 0 aliphatic carbocycles. The van der Waals surface area contributed by atoms with Crippen molar-refractivity contribution in [2.75, 3.05) is 33.4 Å². The first-order valence-corrected chi connectivity index (χ1v) is 16.7. The van der Waals surface area contributed by atoms with Crippen LogP contribution < -0.4 is 15.4 Å². The SMILES string of the molecule is COc1ccc(C(NC[C@@H](COCc2cccc3ccccc23)OC(=O)NCCCCCCO)(c2ccccc2)c2ccccc2)cc1. The van der Waals surface area contributed by atoms with Gasteiger partial charge in [-0.15, -0.1) is 0 Å². The van der Waals surface area contributed by atoms with Crippen LogP contribution in [0, 0.1) is 0 Å². The first-order valence-electron chi connectivity index (χ1n) is 16.7. The molecular weight excluding hydrogens is 600 g/mol. The van der Waals surface area contributed by atoms with Crippen molar-refractivity contribution in [3.05, 3.63) is 150 Å². The number of unbranched alkanes of at least 4 members (excludes halogenated alkanes) is 3. The van der Waals surface area contributed by atoms with Gasteiger partial charge in [-0.2, -0.15) is 0 Å². The lowest BCUT2D eigenvalue weighted by atomic mass is 9.77. The van der Waals surface area contributed by atoms with Gasteiger partial charge in [0.05, 0.1) is 25.9 Å². The molecular formula is C41H46N2O5. The summed E-state index contributed by atoms with van der Waals surface area (Å²) in [5.41, 5.74) is 3.42. The predicted molar refractivity (Wildman–Crippen MR) is 191 cm³/mol.